The van der Waals surface area contributed by atoms with Crippen LogP contribution in [0.4, 0.5) is 13.2 Å². The van der Waals surface area contributed by atoms with Crippen molar-refractivity contribution in [2.75, 3.05) is 19.3 Å². The number of nitrogens with one attached hydrogen (secondary N) is 1. The van der Waals surface area contributed by atoms with Gasteiger partial charge in [-0.15, -0.1) is 10.2 Å². The van der Waals surface area contributed by atoms with E-state index in [1.807, 2.05) is 13.2 Å². The fourth-order valence-electron chi connectivity index (χ4n) is 3.45. The lowest BCUT2D eigenvalue weighted by molar-refractivity contribution is -0.141. The molecule has 0 spiro atoms. The van der Waals surface area contributed by atoms with Gasteiger partial charge in [-0.2, -0.15) is 13.2 Å². The third-order valence-corrected chi connectivity index (χ3v) is 5.45. The summed E-state index contributed by atoms with van der Waals surface area (Å²) < 4.78 is 44.7. The van der Waals surface area contributed by atoms with Crippen LogP contribution >= 0.6 is 11.8 Å². The quantitative estimate of drug-likeness (QED) is 0.483. The molecule has 1 N–H and O–H groups in total. The second-order valence-electron chi connectivity index (χ2n) is 6.90. The lowest BCUT2D eigenvalue weighted by atomic mass is 9.91. The van der Waals surface area contributed by atoms with Crippen LogP contribution < -0.4 is 5.32 Å². The van der Waals surface area contributed by atoms with E-state index >= 15 is 0 Å². The highest BCUT2D eigenvalue weighted by Crippen LogP contribution is 2.36. The summed E-state index contributed by atoms with van der Waals surface area (Å²) in [5.41, 5.74) is 1.12. The molecule has 0 bridgehead atoms. The predicted molar refractivity (Wildman–Crippen MR) is 105 cm³/mol. The number of alkyl halides is 3. The molecule has 0 unspecified atom stereocenters. The van der Waals surface area contributed by atoms with Gasteiger partial charge in [0.15, 0.2) is 5.16 Å². The van der Waals surface area contributed by atoms with Crippen LogP contribution in [0.1, 0.15) is 35.8 Å². The lowest BCUT2D eigenvalue weighted by Gasteiger charge is -2.24. The second kappa shape index (κ2) is 8.31. The van der Waals surface area contributed by atoms with Gasteiger partial charge in [0.05, 0.1) is 17.0 Å². The predicted octanol–water partition coefficient (Wildman–Crippen LogP) is 4.10. The molecule has 4 heterocycles. The number of pyridine rings is 1. The summed E-state index contributed by atoms with van der Waals surface area (Å²) in [4.78, 5) is 12.8. The average Bonchev–Trinajstić information content (AvgIpc) is 3.23. The molecule has 0 amide bonds. The first-order valence-corrected chi connectivity index (χ1v) is 10.6. The van der Waals surface area contributed by atoms with E-state index in [2.05, 4.69) is 25.5 Å². The van der Waals surface area contributed by atoms with Gasteiger partial charge in [-0.25, -0.2) is 15.0 Å². The van der Waals surface area contributed by atoms with Gasteiger partial charge in [0.1, 0.15) is 11.4 Å². The van der Waals surface area contributed by atoms with Gasteiger partial charge in [0.25, 0.3) is 11.8 Å². The summed E-state index contributed by atoms with van der Waals surface area (Å²) in [5, 5.41) is 12.0. The molecular formula is C19H19F3N6OS. The van der Waals surface area contributed by atoms with Crippen LogP contribution in [0.3, 0.4) is 0 Å². The van der Waals surface area contributed by atoms with Crippen molar-refractivity contribution in [3.63, 3.8) is 0 Å². The Labute approximate surface area is 174 Å². The number of rotatable bonds is 4. The van der Waals surface area contributed by atoms with Crippen LogP contribution in [-0.2, 0) is 6.18 Å². The largest absolute Gasteiger partial charge is 0.433 e. The van der Waals surface area contributed by atoms with Crippen LogP contribution in [0.5, 0.6) is 0 Å². The van der Waals surface area contributed by atoms with Crippen LogP contribution in [0.15, 0.2) is 27.8 Å². The Balaban J connectivity index is 1.76. The van der Waals surface area contributed by atoms with E-state index < -0.39 is 11.9 Å². The summed E-state index contributed by atoms with van der Waals surface area (Å²) in [6, 6.07) is 3.56. The molecule has 30 heavy (non-hydrogen) atoms. The van der Waals surface area contributed by atoms with E-state index in [0.717, 1.165) is 37.7 Å². The smallest absolute Gasteiger partial charge is 0.414 e. The second-order valence-corrected chi connectivity index (χ2v) is 7.67. The lowest BCUT2D eigenvalue weighted by Crippen LogP contribution is -2.27. The van der Waals surface area contributed by atoms with E-state index in [1.54, 1.807) is 0 Å². The highest BCUT2D eigenvalue weighted by molar-refractivity contribution is 7.98. The fraction of sp³-hybridized carbons (Fsp3) is 0.421. The Morgan fingerprint density at radius 3 is 2.50 bits per heavy atom. The summed E-state index contributed by atoms with van der Waals surface area (Å²) in [6.07, 6.45) is -0.829. The summed E-state index contributed by atoms with van der Waals surface area (Å²) in [7, 11) is 0. The fourth-order valence-corrected chi connectivity index (χ4v) is 3.87. The normalized spacial score (nSPS) is 15.5. The molecule has 4 rings (SSSR count). The van der Waals surface area contributed by atoms with Gasteiger partial charge >= 0.3 is 6.18 Å². The third kappa shape index (κ3) is 4.17. The van der Waals surface area contributed by atoms with Gasteiger partial charge in [-0.05, 0) is 51.2 Å². The summed E-state index contributed by atoms with van der Waals surface area (Å²) >= 11 is 1.45. The molecule has 1 fully saturated rings. The maximum atomic E-state index is 13.0. The van der Waals surface area contributed by atoms with Crippen LogP contribution in [-0.4, -0.2) is 44.5 Å². The molecule has 3 aromatic heterocycles. The summed E-state index contributed by atoms with van der Waals surface area (Å²) in [6.45, 7) is 3.60. The molecule has 0 aromatic carbocycles. The molecule has 0 saturated carbocycles. The van der Waals surface area contributed by atoms with Gasteiger partial charge in [-0.1, -0.05) is 17.8 Å². The molecule has 3 aromatic rings. The molecule has 1 aliphatic rings. The molecule has 7 nitrogen and oxygen atoms in total. The maximum Gasteiger partial charge on any atom is 0.433 e. The Kier molecular flexibility index (Phi) is 5.74. The van der Waals surface area contributed by atoms with Crippen LogP contribution in [0.25, 0.3) is 23.0 Å². The molecule has 0 radical (unpaired) electrons. The molecule has 0 atom stereocenters. The number of thioether (sulfide) groups is 1. The number of aromatic nitrogens is 5. The molecular weight excluding hydrogens is 417 g/mol. The first-order valence-electron chi connectivity index (χ1n) is 9.38. The molecule has 0 aliphatic carbocycles. The number of aryl methyl sites for hydroxylation is 1. The molecule has 11 heteroatoms. The Morgan fingerprint density at radius 2 is 1.80 bits per heavy atom. The van der Waals surface area contributed by atoms with Crippen LogP contribution in [0.2, 0.25) is 0 Å². The minimum atomic E-state index is -4.56. The van der Waals surface area contributed by atoms with Crippen molar-refractivity contribution in [3.8, 4) is 23.0 Å². The average molecular weight is 436 g/mol. The topological polar surface area (TPSA) is 89.6 Å². The van der Waals surface area contributed by atoms with Crippen molar-refractivity contribution in [2.45, 2.75) is 37.0 Å². The molecule has 1 aliphatic heterocycles. The van der Waals surface area contributed by atoms with Crippen molar-refractivity contribution >= 4 is 11.8 Å². The SMILES string of the molecule is CSc1nc(C)c(-c2nnc(-c3cccc(C(F)(F)F)n3)o2)c(C2CCNCC2)n1. The number of piperidine rings is 1. The number of hydrogen-bond donors (Lipinski definition) is 1. The van der Waals surface area contributed by atoms with Gasteiger partial charge < -0.3 is 9.73 Å². The standard InChI is InChI=1S/C19H19F3N6OS/c1-10-14(15(26-18(24-10)30-2)11-6-8-23-9-7-11)17-28-27-16(29-17)12-4-3-5-13(25-12)19(20,21)22/h3-5,11,23H,6-9H2,1-2H3. The number of nitrogens with zero attached hydrogens (tertiary/aromatic N) is 5. The summed E-state index contributed by atoms with van der Waals surface area (Å²) in [5.74, 6) is 0.305. The number of halogens is 3. The zero-order valence-corrected chi connectivity index (χ0v) is 17.1. The third-order valence-electron chi connectivity index (χ3n) is 4.90. The van der Waals surface area contributed by atoms with E-state index in [1.165, 1.54) is 23.9 Å². The minimum absolute atomic E-state index is 0.0358. The highest BCUT2D eigenvalue weighted by atomic mass is 32.2. The monoisotopic (exact) mass is 436 g/mol. The van der Waals surface area contributed by atoms with Crippen molar-refractivity contribution in [1.29, 1.82) is 0 Å². The van der Waals surface area contributed by atoms with Gasteiger partial charge in [0, 0.05) is 5.92 Å². The van der Waals surface area contributed by atoms with Crippen molar-refractivity contribution in [2.24, 2.45) is 0 Å². The Bertz CT molecular complexity index is 1050. The molecule has 1 saturated heterocycles. The Hall–Kier alpha value is -2.53. The number of hydrogen-bond acceptors (Lipinski definition) is 8. The van der Waals surface area contributed by atoms with Gasteiger partial charge in [0.2, 0.25) is 0 Å². The van der Waals surface area contributed by atoms with Crippen molar-refractivity contribution in [3.05, 3.63) is 35.3 Å². The van der Waals surface area contributed by atoms with E-state index in [0.29, 0.717) is 16.4 Å². The van der Waals surface area contributed by atoms with Gasteiger partial charge in [-0.3, -0.25) is 0 Å². The van der Waals surface area contributed by atoms with Crippen molar-refractivity contribution in [1.82, 2.24) is 30.5 Å². The van der Waals surface area contributed by atoms with E-state index in [9.17, 15) is 13.2 Å². The first-order chi connectivity index (χ1) is 14.4. The van der Waals surface area contributed by atoms with E-state index in [-0.39, 0.29) is 23.4 Å². The zero-order valence-electron chi connectivity index (χ0n) is 16.3. The molecule has 158 valence electrons. The first kappa shape index (κ1) is 20.7. The van der Waals surface area contributed by atoms with E-state index in [4.69, 9.17) is 9.40 Å². The zero-order chi connectivity index (χ0) is 21.3. The maximum absolute atomic E-state index is 13.0. The Morgan fingerprint density at radius 1 is 1.07 bits per heavy atom. The minimum Gasteiger partial charge on any atom is -0.414 e. The van der Waals surface area contributed by atoms with Crippen molar-refractivity contribution < 1.29 is 17.6 Å². The highest BCUT2D eigenvalue weighted by Gasteiger charge is 2.33. The van der Waals surface area contributed by atoms with Crippen LogP contribution in [0, 0.1) is 6.92 Å².